The minimum Gasteiger partial charge on any atom is -0.369 e. The molecule has 2 aromatic rings. The van der Waals surface area contributed by atoms with Gasteiger partial charge in [-0.2, -0.15) is 0 Å². The van der Waals surface area contributed by atoms with Crippen molar-refractivity contribution in [1.82, 2.24) is 4.98 Å². The van der Waals surface area contributed by atoms with Crippen LogP contribution in [0.15, 0.2) is 42.7 Å². The Labute approximate surface area is 158 Å². The molecule has 1 N–H and O–H groups in total. The van der Waals surface area contributed by atoms with Crippen LogP contribution in [0.25, 0.3) is 0 Å². The van der Waals surface area contributed by atoms with Crippen LogP contribution in [-0.2, 0) is 9.84 Å². The van der Waals surface area contributed by atoms with Gasteiger partial charge in [-0.1, -0.05) is 12.1 Å². The molecule has 0 aliphatic carbocycles. The lowest BCUT2D eigenvalue weighted by atomic mass is 10.1. The summed E-state index contributed by atoms with van der Waals surface area (Å²) in [6, 6.07) is 8.27. The smallest absolute Gasteiger partial charge is 0.257 e. The summed E-state index contributed by atoms with van der Waals surface area (Å²) in [5, 5.41) is 2.76. The molecule has 1 aromatic carbocycles. The lowest BCUT2D eigenvalue weighted by molar-refractivity contribution is 0.101. The minimum atomic E-state index is -3.00. The summed E-state index contributed by atoms with van der Waals surface area (Å²) in [6.07, 6.45) is 3.62. The van der Waals surface area contributed by atoms with Gasteiger partial charge in [0.15, 0.2) is 15.6 Å². The average molecular weight is 387 g/mol. The zero-order valence-electron chi connectivity index (χ0n) is 15.2. The first-order chi connectivity index (χ1) is 12.7. The van der Waals surface area contributed by atoms with Crippen molar-refractivity contribution < 1.29 is 18.0 Å². The fourth-order valence-corrected chi connectivity index (χ4v) is 4.83. The molecule has 1 aliphatic rings. The zero-order chi connectivity index (χ0) is 19.6. The SMILES string of the molecule is CC(=O)c1cccc(NC(=O)c2cncc(N(C)C3CCS(=O)(=O)C3)c2)c1. The first-order valence-corrected chi connectivity index (χ1v) is 10.4. The lowest BCUT2D eigenvalue weighted by Gasteiger charge is -2.25. The molecule has 1 unspecified atom stereocenters. The van der Waals surface area contributed by atoms with E-state index in [2.05, 4.69) is 10.3 Å². The van der Waals surface area contributed by atoms with Gasteiger partial charge in [-0.05, 0) is 31.5 Å². The molecule has 1 fully saturated rings. The molecule has 1 amide bonds. The van der Waals surface area contributed by atoms with Crippen molar-refractivity contribution in [1.29, 1.82) is 0 Å². The second-order valence-electron chi connectivity index (χ2n) is 6.69. The summed E-state index contributed by atoms with van der Waals surface area (Å²) in [5.74, 6) is -0.139. The summed E-state index contributed by atoms with van der Waals surface area (Å²) >= 11 is 0. The van der Waals surface area contributed by atoms with E-state index in [4.69, 9.17) is 0 Å². The highest BCUT2D eigenvalue weighted by atomic mass is 32.2. The molecular weight excluding hydrogens is 366 g/mol. The van der Waals surface area contributed by atoms with Crippen molar-refractivity contribution in [2.24, 2.45) is 0 Å². The molecule has 0 bridgehead atoms. The van der Waals surface area contributed by atoms with Crippen LogP contribution in [0.2, 0.25) is 0 Å². The maximum Gasteiger partial charge on any atom is 0.257 e. The minimum absolute atomic E-state index is 0.0806. The summed E-state index contributed by atoms with van der Waals surface area (Å²) in [6.45, 7) is 1.47. The van der Waals surface area contributed by atoms with E-state index in [-0.39, 0.29) is 29.2 Å². The molecule has 27 heavy (non-hydrogen) atoms. The first-order valence-electron chi connectivity index (χ1n) is 8.56. The second-order valence-corrected chi connectivity index (χ2v) is 8.92. The first kappa shape index (κ1) is 19.0. The molecular formula is C19H21N3O4S. The predicted octanol–water partition coefficient (Wildman–Crippen LogP) is 2.16. The van der Waals surface area contributed by atoms with Gasteiger partial charge in [-0.25, -0.2) is 8.42 Å². The Bertz CT molecular complexity index is 988. The molecule has 1 atom stereocenters. The van der Waals surface area contributed by atoms with Crippen molar-refractivity contribution in [2.45, 2.75) is 19.4 Å². The van der Waals surface area contributed by atoms with Crippen molar-refractivity contribution in [3.05, 3.63) is 53.9 Å². The van der Waals surface area contributed by atoms with E-state index in [1.807, 2.05) is 4.90 Å². The Balaban J connectivity index is 1.76. The number of carbonyl (C=O) groups excluding carboxylic acids is 2. The molecule has 7 nitrogen and oxygen atoms in total. The van der Waals surface area contributed by atoms with Crippen molar-refractivity contribution in [2.75, 3.05) is 28.8 Å². The lowest BCUT2D eigenvalue weighted by Crippen LogP contribution is -2.32. The van der Waals surface area contributed by atoms with Crippen LogP contribution >= 0.6 is 0 Å². The van der Waals surface area contributed by atoms with Gasteiger partial charge in [-0.3, -0.25) is 14.6 Å². The van der Waals surface area contributed by atoms with E-state index in [1.165, 1.54) is 13.1 Å². The molecule has 1 saturated heterocycles. The number of sulfone groups is 1. The van der Waals surface area contributed by atoms with E-state index in [0.29, 0.717) is 28.9 Å². The van der Waals surface area contributed by atoms with Crippen LogP contribution in [0.1, 0.15) is 34.1 Å². The number of benzene rings is 1. The van der Waals surface area contributed by atoms with Crippen LogP contribution in [-0.4, -0.2) is 49.7 Å². The molecule has 0 saturated carbocycles. The Morgan fingerprint density at radius 2 is 1.96 bits per heavy atom. The van der Waals surface area contributed by atoms with Gasteiger partial charge in [0, 0.05) is 30.5 Å². The molecule has 2 heterocycles. The largest absolute Gasteiger partial charge is 0.369 e. The number of pyridine rings is 1. The fourth-order valence-electron chi connectivity index (χ4n) is 3.06. The third-order valence-corrected chi connectivity index (χ3v) is 6.43. The third-order valence-electron chi connectivity index (χ3n) is 4.68. The molecule has 0 spiro atoms. The molecule has 1 aliphatic heterocycles. The highest BCUT2D eigenvalue weighted by molar-refractivity contribution is 7.91. The van der Waals surface area contributed by atoms with Crippen LogP contribution in [0, 0.1) is 0 Å². The van der Waals surface area contributed by atoms with E-state index in [9.17, 15) is 18.0 Å². The Morgan fingerprint density at radius 3 is 2.63 bits per heavy atom. The monoisotopic (exact) mass is 387 g/mol. The van der Waals surface area contributed by atoms with Gasteiger partial charge in [0.2, 0.25) is 0 Å². The van der Waals surface area contributed by atoms with Crippen molar-refractivity contribution in [3.63, 3.8) is 0 Å². The van der Waals surface area contributed by atoms with Crippen molar-refractivity contribution >= 4 is 32.9 Å². The van der Waals surface area contributed by atoms with Crippen LogP contribution < -0.4 is 10.2 Å². The van der Waals surface area contributed by atoms with Gasteiger partial charge < -0.3 is 10.2 Å². The Hall–Kier alpha value is -2.74. The second kappa shape index (κ2) is 7.48. The highest BCUT2D eigenvalue weighted by Crippen LogP contribution is 2.23. The number of hydrogen-bond donors (Lipinski definition) is 1. The number of amides is 1. The number of rotatable bonds is 5. The normalized spacial score (nSPS) is 18.1. The molecule has 3 rings (SSSR count). The summed E-state index contributed by atoms with van der Waals surface area (Å²) in [7, 11) is -1.19. The van der Waals surface area contributed by atoms with Crippen LogP contribution in [0.4, 0.5) is 11.4 Å². The third kappa shape index (κ3) is 4.51. The summed E-state index contributed by atoms with van der Waals surface area (Å²) in [4.78, 5) is 30.0. The van der Waals surface area contributed by atoms with Crippen LogP contribution in [0.3, 0.4) is 0 Å². The number of carbonyl (C=O) groups is 2. The highest BCUT2D eigenvalue weighted by Gasteiger charge is 2.31. The van der Waals surface area contributed by atoms with E-state index < -0.39 is 9.84 Å². The van der Waals surface area contributed by atoms with E-state index in [1.54, 1.807) is 43.6 Å². The topological polar surface area (TPSA) is 96.4 Å². The van der Waals surface area contributed by atoms with Crippen molar-refractivity contribution in [3.8, 4) is 0 Å². The van der Waals surface area contributed by atoms with Gasteiger partial charge in [-0.15, -0.1) is 0 Å². The van der Waals surface area contributed by atoms with Gasteiger partial charge >= 0.3 is 0 Å². The maximum atomic E-state index is 12.5. The number of Topliss-reactive ketones (excluding diaryl/α,β-unsaturated/α-hetero) is 1. The number of nitrogens with zero attached hydrogens (tertiary/aromatic N) is 2. The summed E-state index contributed by atoms with van der Waals surface area (Å²) in [5.41, 5.74) is 2.07. The average Bonchev–Trinajstić information content (AvgIpc) is 3.01. The maximum absolute atomic E-state index is 12.5. The number of aromatic nitrogens is 1. The fraction of sp³-hybridized carbons (Fsp3) is 0.316. The van der Waals surface area contributed by atoms with Gasteiger partial charge in [0.1, 0.15) is 0 Å². The van der Waals surface area contributed by atoms with Crippen LogP contribution in [0.5, 0.6) is 0 Å². The standard InChI is InChI=1S/C19H21N3O4S/c1-13(23)14-4-3-5-16(8-14)21-19(24)15-9-18(11-20-10-15)22(2)17-6-7-27(25,26)12-17/h3-5,8-11,17H,6-7,12H2,1-2H3,(H,21,24). The quantitative estimate of drug-likeness (QED) is 0.790. The Morgan fingerprint density at radius 1 is 1.19 bits per heavy atom. The molecule has 1 aromatic heterocycles. The molecule has 142 valence electrons. The van der Waals surface area contributed by atoms with Gasteiger partial charge in [0.25, 0.3) is 5.91 Å². The number of anilines is 2. The molecule has 0 radical (unpaired) electrons. The summed E-state index contributed by atoms with van der Waals surface area (Å²) < 4.78 is 23.4. The number of nitrogens with one attached hydrogen (secondary N) is 1. The Kier molecular flexibility index (Phi) is 5.27. The predicted molar refractivity (Wildman–Crippen MR) is 104 cm³/mol. The number of hydrogen-bond acceptors (Lipinski definition) is 6. The van der Waals surface area contributed by atoms with E-state index >= 15 is 0 Å². The molecule has 8 heteroatoms. The zero-order valence-corrected chi connectivity index (χ0v) is 16.0. The number of ketones is 1. The van der Waals surface area contributed by atoms with E-state index in [0.717, 1.165) is 0 Å². The van der Waals surface area contributed by atoms with Gasteiger partial charge in [0.05, 0.1) is 29.0 Å².